The van der Waals surface area contributed by atoms with Gasteiger partial charge in [-0.1, -0.05) is 64.2 Å². The minimum atomic E-state index is -1.92. The molecule has 0 unspecified atom stereocenters. The molecule has 0 radical (unpaired) electrons. The molecule has 168 valence electrons. The first-order valence-electron chi connectivity index (χ1n) is 10.6. The Kier molecular flexibility index (Phi) is 10.4. The summed E-state index contributed by atoms with van der Waals surface area (Å²) in [7, 11) is 0. The largest absolute Gasteiger partial charge is 4.00 e. The first-order chi connectivity index (χ1) is 14.5. The number of hydrogen-bond donors (Lipinski definition) is 0. The summed E-state index contributed by atoms with van der Waals surface area (Å²) in [6, 6.07) is 9.60. The van der Waals surface area contributed by atoms with Crippen molar-refractivity contribution in [2.75, 3.05) is 0 Å². The number of aromatic nitrogens is 1. The van der Waals surface area contributed by atoms with Crippen LogP contribution in [0, 0.1) is 29.6 Å². The molecular weight excluding hydrogens is 517 g/mol. The molecule has 0 spiro atoms. The van der Waals surface area contributed by atoms with Gasteiger partial charge in [-0.25, -0.2) is 14.8 Å². The van der Waals surface area contributed by atoms with Gasteiger partial charge in [0.25, 0.3) is 0 Å². The maximum atomic E-state index is 11.9. The smallest absolute Gasteiger partial charge is 1.00 e. The molecule has 1 aromatic heterocycles. The second kappa shape index (κ2) is 12.3. The monoisotopic (exact) mass is 539 g/mol. The molecule has 0 bridgehead atoms. The van der Waals surface area contributed by atoms with Gasteiger partial charge in [0.1, 0.15) is 11.8 Å². The van der Waals surface area contributed by atoms with Gasteiger partial charge in [0.2, 0.25) is 0 Å². The van der Waals surface area contributed by atoms with E-state index in [0.717, 1.165) is 0 Å². The standard InChI is InChI=1S/C20H24.C5F4N.ClH.Zr/c1-3-7-19-15(5-1)9-11-17(19)13-14-18-12-10-16-6-2-4-8-20(16)18;6-2-1-10-5(9)4(8)3(2)7;;/h9-12H,1-8,13-14H2;;1H;/q-2;-1;;+4/p-1. The Morgan fingerprint density at radius 1 is 0.938 bits per heavy atom. The van der Waals surface area contributed by atoms with E-state index in [2.05, 4.69) is 29.2 Å². The van der Waals surface area contributed by atoms with Gasteiger partial charge in [-0.3, -0.25) is 8.78 Å². The number of aryl methyl sites for hydroxylation is 4. The number of hydrogen-bond acceptors (Lipinski definition) is 1. The van der Waals surface area contributed by atoms with Crippen molar-refractivity contribution in [1.82, 2.24) is 4.98 Å². The fraction of sp³-hybridized carbons (Fsp3) is 0.400. The first kappa shape index (κ1) is 27.0. The maximum absolute atomic E-state index is 11.9. The number of nitrogens with zero attached hydrogens (tertiary/aromatic N) is 1. The average Bonchev–Trinajstić information content (AvgIpc) is 3.38. The SMILES string of the molecule is Fc1[c-]nc(F)c(F)c1F.[Cl-].[Zr+4].c1[cH-]c2c(c1CCc1cc[c-]3c1CCCC3)CCCC2. The van der Waals surface area contributed by atoms with Crippen molar-refractivity contribution < 1.29 is 56.2 Å². The molecule has 0 atom stereocenters. The molecule has 32 heavy (non-hydrogen) atoms. The minimum absolute atomic E-state index is 0. The van der Waals surface area contributed by atoms with E-state index >= 15 is 0 Å². The Balaban J connectivity index is 0.000000261. The van der Waals surface area contributed by atoms with Gasteiger partial charge in [0.05, 0.1) is 11.6 Å². The van der Waals surface area contributed by atoms with Crippen LogP contribution in [0.15, 0.2) is 24.3 Å². The van der Waals surface area contributed by atoms with Crippen molar-refractivity contribution in [2.24, 2.45) is 0 Å². The fourth-order valence-electron chi connectivity index (χ4n) is 4.68. The van der Waals surface area contributed by atoms with Crippen LogP contribution in [0.25, 0.3) is 0 Å². The molecule has 2 aliphatic carbocycles. The predicted molar refractivity (Wildman–Crippen MR) is 108 cm³/mol. The number of halogens is 5. The zero-order chi connectivity index (χ0) is 21.1. The molecule has 0 saturated heterocycles. The van der Waals surface area contributed by atoms with Crippen molar-refractivity contribution in [1.29, 1.82) is 0 Å². The van der Waals surface area contributed by atoms with Crippen molar-refractivity contribution >= 4 is 0 Å². The van der Waals surface area contributed by atoms with E-state index in [9.17, 15) is 17.6 Å². The van der Waals surface area contributed by atoms with Gasteiger partial charge < -0.3 is 17.4 Å². The van der Waals surface area contributed by atoms with Crippen LogP contribution in [-0.2, 0) is 64.7 Å². The fourth-order valence-corrected chi connectivity index (χ4v) is 4.68. The summed E-state index contributed by atoms with van der Waals surface area (Å²) >= 11 is 0. The van der Waals surface area contributed by atoms with Crippen LogP contribution in [-0.4, -0.2) is 4.98 Å². The Morgan fingerprint density at radius 3 is 2.44 bits per heavy atom. The third kappa shape index (κ3) is 6.00. The van der Waals surface area contributed by atoms with E-state index in [-0.39, 0.29) is 38.6 Å². The molecule has 0 fully saturated rings. The molecule has 0 N–H and O–H groups in total. The van der Waals surface area contributed by atoms with Crippen molar-refractivity contribution in [2.45, 2.75) is 64.2 Å². The van der Waals surface area contributed by atoms with Crippen LogP contribution in [0.2, 0.25) is 0 Å². The van der Waals surface area contributed by atoms with Crippen molar-refractivity contribution in [3.05, 3.63) is 87.2 Å². The number of fused-ring (bicyclic) bond motifs is 2. The zero-order valence-corrected chi connectivity index (χ0v) is 20.9. The zero-order valence-electron chi connectivity index (χ0n) is 17.7. The van der Waals surface area contributed by atoms with Gasteiger partial charge >= 0.3 is 26.2 Å². The van der Waals surface area contributed by atoms with E-state index in [1.54, 1.807) is 33.4 Å². The summed E-state index contributed by atoms with van der Waals surface area (Å²) in [6.45, 7) is 0. The molecular formula is C25H24ClF4NZr. The van der Waals surface area contributed by atoms with Crippen LogP contribution >= 0.6 is 0 Å². The van der Waals surface area contributed by atoms with Crippen LogP contribution in [0.5, 0.6) is 0 Å². The Bertz CT molecular complexity index is 946. The second-order valence-electron chi connectivity index (χ2n) is 8.10. The summed E-state index contributed by atoms with van der Waals surface area (Å²) < 4.78 is 47.5. The molecule has 7 heteroatoms. The summed E-state index contributed by atoms with van der Waals surface area (Å²) in [4.78, 5) is 2.46. The minimum Gasteiger partial charge on any atom is -1.00 e. The molecule has 2 aliphatic rings. The van der Waals surface area contributed by atoms with Crippen LogP contribution in [0.3, 0.4) is 0 Å². The summed E-state index contributed by atoms with van der Waals surface area (Å²) in [5, 5.41) is 0. The molecule has 5 rings (SSSR count). The van der Waals surface area contributed by atoms with E-state index in [4.69, 9.17) is 0 Å². The van der Waals surface area contributed by atoms with E-state index in [1.165, 1.54) is 70.4 Å². The normalized spacial score (nSPS) is 14.2. The molecule has 3 aromatic rings. The number of pyridine rings is 1. The van der Waals surface area contributed by atoms with Gasteiger partial charge in [-0.15, -0.1) is 0 Å². The van der Waals surface area contributed by atoms with Crippen molar-refractivity contribution in [3.63, 3.8) is 0 Å². The molecule has 0 amide bonds. The Morgan fingerprint density at radius 2 is 1.66 bits per heavy atom. The van der Waals surface area contributed by atoms with Gasteiger partial charge in [0, 0.05) is 0 Å². The van der Waals surface area contributed by atoms with Crippen LogP contribution in [0.4, 0.5) is 17.6 Å². The molecule has 2 aromatic carbocycles. The Labute approximate surface area is 211 Å². The third-order valence-electron chi connectivity index (χ3n) is 6.25. The predicted octanol–water partition coefficient (Wildman–Crippen LogP) is 3.11. The molecule has 0 saturated carbocycles. The van der Waals surface area contributed by atoms with E-state index in [1.807, 2.05) is 0 Å². The molecule has 1 heterocycles. The Hall–Kier alpha value is -1.26. The van der Waals surface area contributed by atoms with Gasteiger partial charge in [-0.05, 0) is 6.20 Å². The van der Waals surface area contributed by atoms with Gasteiger partial charge in [0.15, 0.2) is 0 Å². The third-order valence-corrected chi connectivity index (χ3v) is 6.25. The first-order valence-corrected chi connectivity index (χ1v) is 10.6. The molecule has 0 aliphatic heterocycles. The summed E-state index contributed by atoms with van der Waals surface area (Å²) in [5.41, 5.74) is 10.00. The van der Waals surface area contributed by atoms with E-state index < -0.39 is 23.4 Å². The van der Waals surface area contributed by atoms with Crippen LogP contribution in [0.1, 0.15) is 59.1 Å². The molecule has 1 nitrogen and oxygen atoms in total. The summed E-state index contributed by atoms with van der Waals surface area (Å²) in [6.07, 6.45) is 14.7. The topological polar surface area (TPSA) is 12.9 Å². The van der Waals surface area contributed by atoms with E-state index in [0.29, 0.717) is 0 Å². The number of rotatable bonds is 3. The van der Waals surface area contributed by atoms with Crippen LogP contribution < -0.4 is 12.4 Å². The average molecular weight is 541 g/mol. The van der Waals surface area contributed by atoms with Crippen molar-refractivity contribution in [3.8, 4) is 0 Å². The second-order valence-corrected chi connectivity index (χ2v) is 8.10. The maximum Gasteiger partial charge on any atom is 4.00 e. The quantitative estimate of drug-likeness (QED) is 0.283. The van der Waals surface area contributed by atoms with Gasteiger partial charge in [-0.2, -0.15) is 51.6 Å². The summed E-state index contributed by atoms with van der Waals surface area (Å²) in [5.74, 6) is -7.14.